The van der Waals surface area contributed by atoms with Crippen molar-refractivity contribution >= 4 is 17.2 Å². The number of aliphatic hydroxyl groups excluding tert-OH is 1. The van der Waals surface area contributed by atoms with Crippen LogP contribution in [0.3, 0.4) is 0 Å². The Balaban J connectivity index is 3.31. The second-order valence-corrected chi connectivity index (χ2v) is 2.94. The third-order valence-corrected chi connectivity index (χ3v) is 1.94. The lowest BCUT2D eigenvalue weighted by Crippen LogP contribution is -1.90. The molecular formula is C10H8ClNO2. The van der Waals surface area contributed by atoms with Crippen molar-refractivity contribution in [1.29, 1.82) is 5.26 Å². The second-order valence-electron chi connectivity index (χ2n) is 2.50. The van der Waals surface area contributed by atoms with E-state index in [1.54, 1.807) is 18.2 Å². The summed E-state index contributed by atoms with van der Waals surface area (Å²) in [7, 11) is 1.49. The van der Waals surface area contributed by atoms with Crippen LogP contribution in [-0.2, 0) is 0 Å². The maximum atomic E-state index is 8.81. The predicted molar refractivity (Wildman–Crippen MR) is 54.2 cm³/mol. The van der Waals surface area contributed by atoms with Crippen molar-refractivity contribution < 1.29 is 9.84 Å². The number of rotatable bonds is 2. The van der Waals surface area contributed by atoms with Crippen molar-refractivity contribution in [3.8, 4) is 11.8 Å². The summed E-state index contributed by atoms with van der Waals surface area (Å²) in [5.41, 5.74) is 0.592. The van der Waals surface area contributed by atoms with Gasteiger partial charge in [-0.25, -0.2) is 0 Å². The quantitative estimate of drug-likeness (QED) is 0.602. The van der Waals surface area contributed by atoms with Crippen LogP contribution in [0.5, 0.6) is 5.75 Å². The Hall–Kier alpha value is -1.66. The molecule has 0 aliphatic carbocycles. The van der Waals surface area contributed by atoms with Crippen LogP contribution >= 0.6 is 11.6 Å². The summed E-state index contributed by atoms with van der Waals surface area (Å²) in [5, 5.41) is 18.0. The molecule has 0 fully saturated rings. The molecule has 1 N–H and O–H groups in total. The minimum Gasteiger partial charge on any atom is -0.514 e. The molecule has 0 aliphatic rings. The molecule has 1 aromatic carbocycles. The zero-order valence-electron chi connectivity index (χ0n) is 7.49. The van der Waals surface area contributed by atoms with E-state index in [1.165, 1.54) is 7.11 Å². The van der Waals surface area contributed by atoms with Crippen molar-refractivity contribution in [1.82, 2.24) is 0 Å². The highest BCUT2D eigenvalue weighted by molar-refractivity contribution is 6.30. The number of halogens is 1. The van der Waals surface area contributed by atoms with E-state index in [4.69, 9.17) is 26.7 Å². The Bertz CT molecular complexity index is 407. The van der Waals surface area contributed by atoms with Gasteiger partial charge >= 0.3 is 0 Å². The second kappa shape index (κ2) is 4.54. The molecule has 0 saturated heterocycles. The number of ether oxygens (including phenoxy) is 1. The number of benzene rings is 1. The Labute approximate surface area is 86.8 Å². The molecule has 14 heavy (non-hydrogen) atoms. The number of hydrogen-bond donors (Lipinski definition) is 1. The Morgan fingerprint density at radius 2 is 2.36 bits per heavy atom. The Kier molecular flexibility index (Phi) is 3.38. The van der Waals surface area contributed by atoms with Gasteiger partial charge < -0.3 is 9.84 Å². The van der Waals surface area contributed by atoms with Gasteiger partial charge in [-0.3, -0.25) is 0 Å². The highest BCUT2D eigenvalue weighted by atomic mass is 35.5. The first kappa shape index (κ1) is 10.4. The minimum atomic E-state index is 0.115. The number of aliphatic hydroxyl groups is 1. The van der Waals surface area contributed by atoms with Gasteiger partial charge in [0.2, 0.25) is 0 Å². The summed E-state index contributed by atoms with van der Waals surface area (Å²) in [4.78, 5) is 0. The van der Waals surface area contributed by atoms with Gasteiger partial charge in [-0.1, -0.05) is 11.6 Å². The smallest absolute Gasteiger partial charge is 0.127 e. The number of allylic oxidation sites excluding steroid dienone is 1. The van der Waals surface area contributed by atoms with Gasteiger partial charge in [0, 0.05) is 10.6 Å². The van der Waals surface area contributed by atoms with Crippen molar-refractivity contribution in [2.45, 2.75) is 0 Å². The van der Waals surface area contributed by atoms with Crippen LogP contribution in [0.15, 0.2) is 24.5 Å². The molecule has 3 nitrogen and oxygen atoms in total. The number of hydrogen-bond acceptors (Lipinski definition) is 3. The van der Waals surface area contributed by atoms with Crippen molar-refractivity contribution in [2.24, 2.45) is 0 Å². The van der Waals surface area contributed by atoms with Crippen LogP contribution in [0.4, 0.5) is 0 Å². The first-order valence-electron chi connectivity index (χ1n) is 3.81. The highest BCUT2D eigenvalue weighted by Crippen LogP contribution is 2.28. The molecule has 1 aromatic rings. The molecule has 0 aliphatic heterocycles. The highest BCUT2D eigenvalue weighted by Gasteiger charge is 2.08. The number of nitrogens with zero attached hydrogens (tertiary/aromatic N) is 1. The molecule has 0 aromatic heterocycles. The van der Waals surface area contributed by atoms with Gasteiger partial charge in [0.15, 0.2) is 0 Å². The maximum absolute atomic E-state index is 8.81. The molecule has 0 saturated carbocycles. The first-order chi connectivity index (χ1) is 6.72. The first-order valence-corrected chi connectivity index (χ1v) is 4.19. The Morgan fingerprint density at radius 3 is 2.86 bits per heavy atom. The molecule has 1 rings (SSSR count). The van der Waals surface area contributed by atoms with Crippen LogP contribution in [0, 0.1) is 11.3 Å². The minimum absolute atomic E-state index is 0.115. The lowest BCUT2D eigenvalue weighted by atomic mass is 10.1. The van der Waals surface area contributed by atoms with Crippen LogP contribution in [-0.4, -0.2) is 12.2 Å². The molecular weight excluding hydrogens is 202 g/mol. The molecule has 0 unspecified atom stereocenters. The number of nitriles is 1. The monoisotopic (exact) mass is 209 g/mol. The third kappa shape index (κ3) is 1.98. The average molecular weight is 210 g/mol. The normalized spacial score (nSPS) is 10.8. The van der Waals surface area contributed by atoms with Crippen LogP contribution < -0.4 is 4.74 Å². The molecule has 0 spiro atoms. The summed E-state index contributed by atoms with van der Waals surface area (Å²) < 4.78 is 5.02. The fourth-order valence-corrected chi connectivity index (χ4v) is 1.22. The van der Waals surface area contributed by atoms with Crippen LogP contribution in [0.25, 0.3) is 5.57 Å². The summed E-state index contributed by atoms with van der Waals surface area (Å²) in [6, 6.07) is 6.69. The van der Waals surface area contributed by atoms with Gasteiger partial charge in [-0.05, 0) is 18.2 Å². The zero-order valence-corrected chi connectivity index (χ0v) is 8.25. The van der Waals surface area contributed by atoms with Crippen molar-refractivity contribution in [3.63, 3.8) is 0 Å². The van der Waals surface area contributed by atoms with Crippen LogP contribution in [0.2, 0.25) is 5.02 Å². The lowest BCUT2D eigenvalue weighted by molar-refractivity contribution is 0.413. The van der Waals surface area contributed by atoms with E-state index in [-0.39, 0.29) is 5.57 Å². The zero-order chi connectivity index (χ0) is 10.6. The fourth-order valence-electron chi connectivity index (χ4n) is 1.05. The van der Waals surface area contributed by atoms with E-state index >= 15 is 0 Å². The van der Waals surface area contributed by atoms with Gasteiger partial charge in [0.05, 0.1) is 18.9 Å². The summed E-state index contributed by atoms with van der Waals surface area (Å²) in [6.45, 7) is 0. The van der Waals surface area contributed by atoms with E-state index in [9.17, 15) is 0 Å². The number of methoxy groups -OCH3 is 1. The van der Waals surface area contributed by atoms with Gasteiger partial charge in [-0.2, -0.15) is 5.26 Å². The largest absolute Gasteiger partial charge is 0.514 e. The summed E-state index contributed by atoms with van der Waals surface area (Å²) in [6.07, 6.45) is 0.730. The van der Waals surface area contributed by atoms with E-state index in [0.717, 1.165) is 6.26 Å². The maximum Gasteiger partial charge on any atom is 0.127 e. The molecule has 0 atom stereocenters. The Morgan fingerprint density at radius 1 is 1.64 bits per heavy atom. The lowest BCUT2D eigenvalue weighted by Gasteiger charge is -2.06. The van der Waals surface area contributed by atoms with Gasteiger partial charge in [-0.15, -0.1) is 0 Å². The fraction of sp³-hybridized carbons (Fsp3) is 0.100. The summed E-state index contributed by atoms with van der Waals surface area (Å²) in [5.74, 6) is 0.497. The van der Waals surface area contributed by atoms with E-state index < -0.39 is 0 Å². The van der Waals surface area contributed by atoms with Crippen LogP contribution in [0.1, 0.15) is 5.56 Å². The summed E-state index contributed by atoms with van der Waals surface area (Å²) >= 11 is 5.76. The standard InChI is InChI=1S/C10H8ClNO2/c1-14-10-3-2-8(11)4-9(10)7(5-12)6-13/h2-4,6,13H,1H3/b7-6+. The van der Waals surface area contributed by atoms with E-state index in [2.05, 4.69) is 0 Å². The predicted octanol–water partition coefficient (Wildman–Crippen LogP) is 2.77. The van der Waals surface area contributed by atoms with E-state index in [0.29, 0.717) is 16.3 Å². The molecule has 72 valence electrons. The van der Waals surface area contributed by atoms with Crippen molar-refractivity contribution in [3.05, 3.63) is 35.0 Å². The van der Waals surface area contributed by atoms with E-state index in [1.807, 2.05) is 6.07 Å². The third-order valence-electron chi connectivity index (χ3n) is 1.70. The molecule has 0 radical (unpaired) electrons. The molecule has 0 amide bonds. The van der Waals surface area contributed by atoms with Gasteiger partial charge in [0.25, 0.3) is 0 Å². The molecule has 0 bridgehead atoms. The topological polar surface area (TPSA) is 53.2 Å². The molecule has 0 heterocycles. The molecule has 4 heteroatoms. The van der Waals surface area contributed by atoms with Gasteiger partial charge in [0.1, 0.15) is 11.8 Å². The van der Waals surface area contributed by atoms with Crippen molar-refractivity contribution in [2.75, 3.05) is 7.11 Å². The SMILES string of the molecule is COc1ccc(Cl)cc1/C(C#N)=C/O. The average Bonchev–Trinajstić information content (AvgIpc) is 2.20.